The predicted octanol–water partition coefficient (Wildman–Crippen LogP) is 1.30. The molecule has 0 bridgehead atoms. The fourth-order valence-electron chi connectivity index (χ4n) is 2.32. The molecule has 1 amide bonds. The van der Waals surface area contributed by atoms with Crippen molar-refractivity contribution in [2.75, 3.05) is 19.6 Å². The molecule has 1 aromatic heterocycles. The third-order valence-electron chi connectivity index (χ3n) is 3.22. The summed E-state index contributed by atoms with van der Waals surface area (Å²) in [4.78, 5) is 18.3. The molecule has 2 rings (SSSR count). The summed E-state index contributed by atoms with van der Waals surface area (Å²) in [6, 6.07) is 3.95. The van der Waals surface area contributed by atoms with E-state index in [9.17, 15) is 4.79 Å². The van der Waals surface area contributed by atoms with Crippen molar-refractivity contribution < 1.29 is 4.79 Å². The average Bonchev–Trinajstić information content (AvgIpc) is 2.42. The van der Waals surface area contributed by atoms with E-state index >= 15 is 0 Å². The molecule has 0 spiro atoms. The average molecular weight is 233 g/mol. The maximum Gasteiger partial charge on any atom is 0.255 e. The van der Waals surface area contributed by atoms with Crippen molar-refractivity contribution in [3.05, 3.63) is 30.1 Å². The Morgan fingerprint density at radius 2 is 2.53 bits per heavy atom. The smallest absolute Gasteiger partial charge is 0.255 e. The number of pyridine rings is 1. The summed E-state index contributed by atoms with van der Waals surface area (Å²) in [5.74, 6) is 0.0919. The molecule has 1 unspecified atom stereocenters. The molecule has 0 saturated carbocycles. The van der Waals surface area contributed by atoms with Gasteiger partial charge in [0.15, 0.2) is 0 Å². The van der Waals surface area contributed by atoms with Crippen molar-refractivity contribution in [3.63, 3.8) is 0 Å². The molecule has 2 heterocycles. The molecular formula is C13H19N3O. The molecule has 0 radical (unpaired) electrons. The molecule has 1 aliphatic rings. The minimum absolute atomic E-state index is 0.0919. The Kier molecular flexibility index (Phi) is 4.09. The van der Waals surface area contributed by atoms with Gasteiger partial charge >= 0.3 is 0 Å². The Morgan fingerprint density at radius 3 is 3.12 bits per heavy atom. The summed E-state index contributed by atoms with van der Waals surface area (Å²) in [7, 11) is 0. The highest BCUT2D eigenvalue weighted by atomic mass is 16.2. The molecule has 1 aliphatic heterocycles. The fourth-order valence-corrected chi connectivity index (χ4v) is 2.32. The van der Waals surface area contributed by atoms with Gasteiger partial charge in [0.1, 0.15) is 0 Å². The number of rotatable bonds is 3. The molecule has 4 heteroatoms. The van der Waals surface area contributed by atoms with Gasteiger partial charge in [0.05, 0.1) is 5.56 Å². The van der Waals surface area contributed by atoms with Gasteiger partial charge in [-0.1, -0.05) is 0 Å². The first kappa shape index (κ1) is 12.0. The van der Waals surface area contributed by atoms with Crippen molar-refractivity contribution in [2.24, 2.45) is 0 Å². The summed E-state index contributed by atoms with van der Waals surface area (Å²) >= 11 is 0. The van der Waals surface area contributed by atoms with Crippen LogP contribution >= 0.6 is 0 Å². The summed E-state index contributed by atoms with van der Waals surface area (Å²) in [6.45, 7) is 4.75. The normalized spacial score (nSPS) is 19.9. The zero-order chi connectivity index (χ0) is 12.1. The maximum atomic E-state index is 12.3. The highest BCUT2D eigenvalue weighted by Gasteiger charge is 2.24. The van der Waals surface area contributed by atoms with Crippen LogP contribution in [0.2, 0.25) is 0 Å². The molecule has 0 aromatic carbocycles. The number of likely N-dealkylation sites (N-methyl/N-ethyl adjacent to an activating group) is 1. The number of piperidine rings is 1. The van der Waals surface area contributed by atoms with Crippen molar-refractivity contribution in [1.29, 1.82) is 0 Å². The number of carbonyl (C=O) groups is 1. The molecule has 17 heavy (non-hydrogen) atoms. The van der Waals surface area contributed by atoms with E-state index in [0.29, 0.717) is 11.6 Å². The van der Waals surface area contributed by atoms with Crippen LogP contribution in [0.25, 0.3) is 0 Å². The highest BCUT2D eigenvalue weighted by Crippen LogP contribution is 2.13. The second-order valence-electron chi connectivity index (χ2n) is 4.33. The van der Waals surface area contributed by atoms with Crippen LogP contribution in [-0.2, 0) is 0 Å². The van der Waals surface area contributed by atoms with Gasteiger partial charge in [-0.25, -0.2) is 0 Å². The van der Waals surface area contributed by atoms with E-state index in [-0.39, 0.29) is 5.91 Å². The van der Waals surface area contributed by atoms with Crippen LogP contribution in [0.3, 0.4) is 0 Å². The zero-order valence-corrected chi connectivity index (χ0v) is 10.2. The lowest BCUT2D eigenvalue weighted by molar-refractivity contribution is 0.0661. The first-order valence-electron chi connectivity index (χ1n) is 6.24. The number of nitrogens with zero attached hydrogens (tertiary/aromatic N) is 2. The predicted molar refractivity (Wildman–Crippen MR) is 66.8 cm³/mol. The van der Waals surface area contributed by atoms with Crippen molar-refractivity contribution in [1.82, 2.24) is 15.2 Å². The van der Waals surface area contributed by atoms with Gasteiger partial charge in [0, 0.05) is 31.5 Å². The van der Waals surface area contributed by atoms with Crippen LogP contribution in [0.1, 0.15) is 30.1 Å². The SMILES string of the molecule is CCN(C(=O)c1cccnc1)C1CCCNC1. The third kappa shape index (κ3) is 2.82. The second-order valence-corrected chi connectivity index (χ2v) is 4.33. The van der Waals surface area contributed by atoms with E-state index in [2.05, 4.69) is 10.3 Å². The van der Waals surface area contributed by atoms with E-state index < -0.39 is 0 Å². The van der Waals surface area contributed by atoms with Gasteiger partial charge in [-0.15, -0.1) is 0 Å². The molecule has 1 N–H and O–H groups in total. The van der Waals surface area contributed by atoms with Crippen LogP contribution in [0.4, 0.5) is 0 Å². The number of amides is 1. The van der Waals surface area contributed by atoms with Crippen LogP contribution in [0, 0.1) is 0 Å². The van der Waals surface area contributed by atoms with E-state index in [1.54, 1.807) is 18.5 Å². The highest BCUT2D eigenvalue weighted by molar-refractivity contribution is 5.94. The molecule has 92 valence electrons. The Morgan fingerprint density at radius 1 is 1.65 bits per heavy atom. The lowest BCUT2D eigenvalue weighted by atomic mass is 10.0. The summed E-state index contributed by atoms with van der Waals surface area (Å²) in [5.41, 5.74) is 0.680. The first-order chi connectivity index (χ1) is 8.33. The summed E-state index contributed by atoms with van der Waals surface area (Å²) in [5, 5.41) is 3.35. The van der Waals surface area contributed by atoms with Crippen molar-refractivity contribution >= 4 is 5.91 Å². The lowest BCUT2D eigenvalue weighted by Crippen LogP contribution is -2.48. The Bertz CT molecular complexity index is 360. The minimum atomic E-state index is 0.0919. The van der Waals surface area contributed by atoms with Crippen molar-refractivity contribution in [2.45, 2.75) is 25.8 Å². The van der Waals surface area contributed by atoms with Crippen LogP contribution in [0.15, 0.2) is 24.5 Å². The quantitative estimate of drug-likeness (QED) is 0.855. The van der Waals surface area contributed by atoms with Gasteiger partial charge < -0.3 is 10.2 Å². The standard InChI is InChI=1S/C13H19N3O/c1-2-16(12-6-4-8-15-10-12)13(17)11-5-3-7-14-9-11/h3,5,7,9,12,15H,2,4,6,8,10H2,1H3. The molecule has 1 fully saturated rings. The lowest BCUT2D eigenvalue weighted by Gasteiger charge is -2.34. The van der Waals surface area contributed by atoms with E-state index in [0.717, 1.165) is 32.5 Å². The van der Waals surface area contributed by atoms with E-state index in [4.69, 9.17) is 0 Å². The maximum absolute atomic E-state index is 12.3. The van der Waals surface area contributed by atoms with Gasteiger partial charge in [-0.05, 0) is 38.4 Å². The number of carbonyl (C=O) groups excluding carboxylic acids is 1. The Balaban J connectivity index is 2.09. The number of hydrogen-bond acceptors (Lipinski definition) is 3. The fraction of sp³-hybridized carbons (Fsp3) is 0.538. The summed E-state index contributed by atoms with van der Waals surface area (Å²) < 4.78 is 0. The topological polar surface area (TPSA) is 45.2 Å². The first-order valence-corrected chi connectivity index (χ1v) is 6.24. The monoisotopic (exact) mass is 233 g/mol. The van der Waals surface area contributed by atoms with Crippen LogP contribution < -0.4 is 5.32 Å². The van der Waals surface area contributed by atoms with Gasteiger partial charge in [0.2, 0.25) is 0 Å². The molecule has 4 nitrogen and oxygen atoms in total. The molecule has 1 aromatic rings. The van der Waals surface area contributed by atoms with Gasteiger partial charge in [-0.2, -0.15) is 0 Å². The second kappa shape index (κ2) is 5.77. The largest absolute Gasteiger partial charge is 0.335 e. The molecule has 1 saturated heterocycles. The Labute approximate surface area is 102 Å². The summed E-state index contributed by atoms with van der Waals surface area (Å²) in [6.07, 6.45) is 5.56. The van der Waals surface area contributed by atoms with Gasteiger partial charge in [-0.3, -0.25) is 9.78 Å². The molecular weight excluding hydrogens is 214 g/mol. The zero-order valence-electron chi connectivity index (χ0n) is 10.2. The van der Waals surface area contributed by atoms with Crippen molar-refractivity contribution in [3.8, 4) is 0 Å². The van der Waals surface area contributed by atoms with E-state index in [1.807, 2.05) is 17.9 Å². The van der Waals surface area contributed by atoms with Crippen LogP contribution in [-0.4, -0.2) is 41.5 Å². The number of aromatic nitrogens is 1. The minimum Gasteiger partial charge on any atom is -0.335 e. The molecule has 0 aliphatic carbocycles. The Hall–Kier alpha value is -1.42. The van der Waals surface area contributed by atoms with Gasteiger partial charge in [0.25, 0.3) is 5.91 Å². The van der Waals surface area contributed by atoms with E-state index in [1.165, 1.54) is 0 Å². The molecule has 1 atom stereocenters. The third-order valence-corrected chi connectivity index (χ3v) is 3.22. The van der Waals surface area contributed by atoms with Crippen LogP contribution in [0.5, 0.6) is 0 Å². The number of nitrogens with one attached hydrogen (secondary N) is 1. The number of hydrogen-bond donors (Lipinski definition) is 1.